The summed E-state index contributed by atoms with van der Waals surface area (Å²) in [6.45, 7) is 6.08. The van der Waals surface area contributed by atoms with Crippen molar-refractivity contribution in [1.29, 1.82) is 0 Å². The lowest BCUT2D eigenvalue weighted by Gasteiger charge is -2.28. The number of rotatable bonds is 4. The van der Waals surface area contributed by atoms with E-state index in [9.17, 15) is 9.59 Å². The molecule has 1 aliphatic rings. The summed E-state index contributed by atoms with van der Waals surface area (Å²) in [5, 5.41) is 1.91. The first kappa shape index (κ1) is 18.7. The topological polar surface area (TPSA) is 58.6 Å². The van der Waals surface area contributed by atoms with E-state index >= 15 is 0 Å². The van der Waals surface area contributed by atoms with E-state index in [-0.39, 0.29) is 16.9 Å². The fraction of sp³-hybridized carbons (Fsp3) is 0.500. The summed E-state index contributed by atoms with van der Waals surface area (Å²) >= 11 is 1.19. The lowest BCUT2D eigenvalue weighted by atomic mass is 10.2. The lowest BCUT2D eigenvalue weighted by molar-refractivity contribution is -0.130. The summed E-state index contributed by atoms with van der Waals surface area (Å²) in [7, 11) is 0. The molecule has 1 heterocycles. The Bertz CT molecular complexity index is 410. The van der Waals surface area contributed by atoms with Gasteiger partial charge in [0, 0.05) is 31.7 Å². The second kappa shape index (κ2) is 11.2. The third-order valence-electron chi connectivity index (χ3n) is 2.93. The molecule has 0 aromatic heterocycles. The third-order valence-corrected chi connectivity index (χ3v) is 4.00. The zero-order chi connectivity index (χ0) is 16.2. The lowest BCUT2D eigenvalue weighted by Crippen LogP contribution is -2.50. The number of amides is 1. The Morgan fingerprint density at radius 2 is 1.64 bits per heavy atom. The van der Waals surface area contributed by atoms with Crippen LogP contribution in [0.5, 0.6) is 0 Å². The smallest absolute Gasteiger partial charge is 0.237 e. The van der Waals surface area contributed by atoms with Crippen molar-refractivity contribution in [3.63, 3.8) is 0 Å². The van der Waals surface area contributed by atoms with Gasteiger partial charge in [-0.25, -0.2) is 5.01 Å². The molecule has 1 fully saturated rings. The maximum atomic E-state index is 11.7. The predicted octanol–water partition coefficient (Wildman–Crippen LogP) is 1.95. The quantitative estimate of drug-likeness (QED) is 0.917. The van der Waals surface area contributed by atoms with Crippen LogP contribution in [0.25, 0.3) is 0 Å². The number of hydrogen-bond acceptors (Lipinski definition) is 5. The summed E-state index contributed by atoms with van der Waals surface area (Å²) in [5.74, 6) is 0.346. The Morgan fingerprint density at radius 1 is 1.14 bits per heavy atom. The van der Waals surface area contributed by atoms with Crippen LogP contribution in [-0.2, 0) is 14.3 Å². The molecule has 0 saturated carbocycles. The van der Waals surface area contributed by atoms with Crippen LogP contribution in [-0.4, -0.2) is 48.1 Å². The third kappa shape index (κ3) is 8.81. The molecule has 1 aliphatic heterocycles. The number of nitrogens with one attached hydrogen (secondary N) is 1. The highest BCUT2D eigenvalue weighted by Gasteiger charge is 2.18. The van der Waals surface area contributed by atoms with Gasteiger partial charge in [-0.2, -0.15) is 0 Å². The number of hydrogen-bond donors (Lipinski definition) is 1. The summed E-state index contributed by atoms with van der Waals surface area (Å²) in [6.07, 6.45) is 0. The largest absolute Gasteiger partial charge is 0.379 e. The van der Waals surface area contributed by atoms with Gasteiger partial charge < -0.3 is 4.74 Å². The molecule has 1 unspecified atom stereocenters. The number of ether oxygens (including phenoxy) is 1. The van der Waals surface area contributed by atoms with Crippen LogP contribution in [0.1, 0.15) is 13.8 Å². The molecule has 0 bridgehead atoms. The standard InChI is InChI=1S/C10H18N2O3S.C6H6/c1-8(7-16-9(2)13)10(14)11-12-3-5-15-6-4-12;1-2-4-6-5-3-1/h8H,3-7H2,1-2H3,(H,11,14);1-6H. The Morgan fingerprint density at radius 3 is 2.09 bits per heavy atom. The summed E-state index contributed by atoms with van der Waals surface area (Å²) in [5.41, 5.74) is 2.83. The first-order chi connectivity index (χ1) is 10.6. The molecule has 1 amide bonds. The number of morpholine rings is 1. The van der Waals surface area contributed by atoms with Crippen molar-refractivity contribution in [2.24, 2.45) is 5.92 Å². The van der Waals surface area contributed by atoms with E-state index in [1.165, 1.54) is 18.7 Å². The molecule has 0 radical (unpaired) electrons. The molecule has 5 nitrogen and oxygen atoms in total. The highest BCUT2D eigenvalue weighted by Crippen LogP contribution is 2.09. The van der Waals surface area contributed by atoms with Crippen LogP contribution < -0.4 is 5.43 Å². The van der Waals surface area contributed by atoms with Crippen molar-refractivity contribution in [2.75, 3.05) is 32.1 Å². The molecule has 6 heteroatoms. The molecule has 1 aromatic carbocycles. The van der Waals surface area contributed by atoms with E-state index in [1.807, 2.05) is 48.3 Å². The van der Waals surface area contributed by atoms with Gasteiger partial charge in [-0.3, -0.25) is 15.0 Å². The number of nitrogens with zero attached hydrogens (tertiary/aromatic N) is 1. The van der Waals surface area contributed by atoms with Gasteiger partial charge in [-0.15, -0.1) is 0 Å². The number of hydrazine groups is 1. The Balaban J connectivity index is 0.000000335. The molecule has 0 spiro atoms. The predicted molar refractivity (Wildman–Crippen MR) is 89.3 cm³/mol. The summed E-state index contributed by atoms with van der Waals surface area (Å²) in [6, 6.07) is 12.0. The summed E-state index contributed by atoms with van der Waals surface area (Å²) in [4.78, 5) is 22.5. The number of carbonyl (C=O) groups excluding carboxylic acids is 2. The monoisotopic (exact) mass is 324 g/mol. The van der Waals surface area contributed by atoms with Crippen LogP contribution in [0, 0.1) is 5.92 Å². The molecule has 2 rings (SSSR count). The minimum Gasteiger partial charge on any atom is -0.379 e. The van der Waals surface area contributed by atoms with Gasteiger partial charge in [0.25, 0.3) is 0 Å². The Kier molecular flexibility index (Phi) is 9.54. The van der Waals surface area contributed by atoms with Crippen molar-refractivity contribution >= 4 is 22.8 Å². The van der Waals surface area contributed by atoms with Crippen LogP contribution in [0.4, 0.5) is 0 Å². The zero-order valence-electron chi connectivity index (χ0n) is 13.2. The highest BCUT2D eigenvalue weighted by atomic mass is 32.2. The molecule has 1 aromatic rings. The van der Waals surface area contributed by atoms with E-state index < -0.39 is 0 Å². The van der Waals surface area contributed by atoms with E-state index in [2.05, 4.69) is 5.43 Å². The molecule has 1 atom stereocenters. The highest BCUT2D eigenvalue weighted by molar-refractivity contribution is 8.13. The first-order valence-corrected chi connectivity index (χ1v) is 8.34. The van der Waals surface area contributed by atoms with E-state index in [1.54, 1.807) is 0 Å². The molecule has 22 heavy (non-hydrogen) atoms. The second-order valence-corrected chi connectivity index (χ2v) is 6.13. The second-order valence-electron chi connectivity index (χ2n) is 4.93. The van der Waals surface area contributed by atoms with Crippen LogP contribution in [0.3, 0.4) is 0 Å². The van der Waals surface area contributed by atoms with Crippen LogP contribution >= 0.6 is 11.8 Å². The van der Waals surface area contributed by atoms with Gasteiger partial charge in [0.05, 0.1) is 13.2 Å². The molecular formula is C16H24N2O3S. The maximum absolute atomic E-state index is 11.7. The minimum absolute atomic E-state index is 0.0318. The van der Waals surface area contributed by atoms with Gasteiger partial charge in [-0.1, -0.05) is 55.1 Å². The van der Waals surface area contributed by atoms with Gasteiger partial charge >= 0.3 is 0 Å². The van der Waals surface area contributed by atoms with Crippen LogP contribution in [0.15, 0.2) is 36.4 Å². The zero-order valence-corrected chi connectivity index (χ0v) is 14.0. The van der Waals surface area contributed by atoms with Crippen molar-refractivity contribution in [3.8, 4) is 0 Å². The number of carbonyl (C=O) groups is 2. The Labute approximate surface area is 136 Å². The molecule has 1 N–H and O–H groups in total. The molecule has 0 aliphatic carbocycles. The van der Waals surface area contributed by atoms with Crippen molar-refractivity contribution in [2.45, 2.75) is 13.8 Å². The molecular weight excluding hydrogens is 300 g/mol. The van der Waals surface area contributed by atoms with Gasteiger partial charge in [0.15, 0.2) is 5.12 Å². The van der Waals surface area contributed by atoms with Crippen molar-refractivity contribution in [1.82, 2.24) is 10.4 Å². The Hall–Kier alpha value is -1.37. The fourth-order valence-corrected chi connectivity index (χ4v) is 2.28. The average molecular weight is 324 g/mol. The van der Waals surface area contributed by atoms with Gasteiger partial charge in [0.1, 0.15) is 0 Å². The minimum atomic E-state index is -0.156. The molecule has 122 valence electrons. The van der Waals surface area contributed by atoms with E-state index in [0.29, 0.717) is 19.0 Å². The van der Waals surface area contributed by atoms with E-state index in [4.69, 9.17) is 4.74 Å². The van der Waals surface area contributed by atoms with Crippen LogP contribution in [0.2, 0.25) is 0 Å². The van der Waals surface area contributed by atoms with E-state index in [0.717, 1.165) is 13.1 Å². The van der Waals surface area contributed by atoms with Gasteiger partial charge in [-0.05, 0) is 0 Å². The normalized spacial score (nSPS) is 16.1. The SMILES string of the molecule is CC(=O)SCC(C)C(=O)NN1CCOCC1.c1ccccc1. The van der Waals surface area contributed by atoms with Gasteiger partial charge in [0.2, 0.25) is 5.91 Å². The molecule has 1 saturated heterocycles. The number of thioether (sulfide) groups is 1. The fourth-order valence-electron chi connectivity index (χ4n) is 1.64. The maximum Gasteiger partial charge on any atom is 0.237 e. The summed E-state index contributed by atoms with van der Waals surface area (Å²) < 4.78 is 5.18. The van der Waals surface area contributed by atoms with Crippen molar-refractivity contribution in [3.05, 3.63) is 36.4 Å². The number of benzene rings is 1. The average Bonchev–Trinajstić information content (AvgIpc) is 2.55. The first-order valence-electron chi connectivity index (χ1n) is 7.36. The van der Waals surface area contributed by atoms with Crippen molar-refractivity contribution < 1.29 is 14.3 Å².